The van der Waals surface area contributed by atoms with Gasteiger partial charge in [-0.25, -0.2) is 13.1 Å². The van der Waals surface area contributed by atoms with Crippen molar-refractivity contribution in [3.63, 3.8) is 0 Å². The summed E-state index contributed by atoms with van der Waals surface area (Å²) in [5.74, 6) is 0.0124. The van der Waals surface area contributed by atoms with E-state index in [1.165, 1.54) is 13.0 Å². The molecule has 0 aliphatic heterocycles. The molecule has 0 heterocycles. The van der Waals surface area contributed by atoms with Crippen molar-refractivity contribution in [2.45, 2.75) is 6.92 Å². The van der Waals surface area contributed by atoms with Crippen LogP contribution in [0.25, 0.3) is 0 Å². The number of nitro groups is 1. The molecule has 0 aromatic heterocycles. The number of nitrogens with one attached hydrogen (secondary N) is 2. The lowest BCUT2D eigenvalue weighted by molar-refractivity contribution is -0.384. The first-order valence-electron chi connectivity index (χ1n) is 5.41. The lowest BCUT2D eigenvalue weighted by Gasteiger charge is -2.07. The van der Waals surface area contributed by atoms with E-state index in [-0.39, 0.29) is 24.5 Å². The standard InChI is InChI=1S/C10H15N3O4S/c1-2-18(16,17)12-8-7-11-9-5-3-4-6-10(9)13(14)15/h3-6,11-12H,2,7-8H2,1H3. The van der Waals surface area contributed by atoms with E-state index in [2.05, 4.69) is 10.0 Å². The molecule has 0 fully saturated rings. The predicted octanol–water partition coefficient (Wildman–Crippen LogP) is 0.946. The second-order valence-electron chi connectivity index (χ2n) is 3.50. The quantitative estimate of drug-likeness (QED) is 0.437. The maximum atomic E-state index is 11.1. The maximum Gasteiger partial charge on any atom is 0.292 e. The Morgan fingerprint density at radius 2 is 1.94 bits per heavy atom. The van der Waals surface area contributed by atoms with Gasteiger partial charge in [0.2, 0.25) is 10.0 Å². The summed E-state index contributed by atoms with van der Waals surface area (Å²) in [4.78, 5) is 10.2. The summed E-state index contributed by atoms with van der Waals surface area (Å²) in [6, 6.07) is 6.21. The Kier molecular flexibility index (Phi) is 5.05. The molecular formula is C10H15N3O4S. The minimum atomic E-state index is -3.22. The molecule has 0 radical (unpaired) electrons. The highest BCUT2D eigenvalue weighted by molar-refractivity contribution is 7.89. The summed E-state index contributed by atoms with van der Waals surface area (Å²) >= 11 is 0. The molecule has 1 aromatic rings. The number of hydrogen-bond donors (Lipinski definition) is 2. The fourth-order valence-corrected chi connectivity index (χ4v) is 1.91. The van der Waals surface area contributed by atoms with Gasteiger partial charge in [-0.2, -0.15) is 0 Å². The average molecular weight is 273 g/mol. The highest BCUT2D eigenvalue weighted by atomic mass is 32.2. The van der Waals surface area contributed by atoms with Crippen LogP contribution in [0, 0.1) is 10.1 Å². The Bertz CT molecular complexity index is 516. The second kappa shape index (κ2) is 6.31. The third kappa shape index (κ3) is 4.30. The summed E-state index contributed by atoms with van der Waals surface area (Å²) in [6.07, 6.45) is 0. The van der Waals surface area contributed by atoms with E-state index in [0.29, 0.717) is 5.69 Å². The Morgan fingerprint density at radius 3 is 2.56 bits per heavy atom. The Balaban J connectivity index is 2.52. The van der Waals surface area contributed by atoms with Crippen molar-refractivity contribution >= 4 is 21.4 Å². The monoisotopic (exact) mass is 273 g/mol. The number of nitro benzene ring substituents is 1. The van der Waals surface area contributed by atoms with E-state index >= 15 is 0 Å². The lowest BCUT2D eigenvalue weighted by Crippen LogP contribution is -2.30. The fourth-order valence-electron chi connectivity index (χ4n) is 1.29. The van der Waals surface area contributed by atoms with Crippen LogP contribution in [-0.2, 0) is 10.0 Å². The van der Waals surface area contributed by atoms with Crippen molar-refractivity contribution in [1.29, 1.82) is 0 Å². The number of sulfonamides is 1. The summed E-state index contributed by atoms with van der Waals surface area (Å²) in [5.41, 5.74) is 0.342. The molecule has 7 nitrogen and oxygen atoms in total. The van der Waals surface area contributed by atoms with Crippen molar-refractivity contribution in [3.8, 4) is 0 Å². The van der Waals surface area contributed by atoms with Crippen LogP contribution in [0.2, 0.25) is 0 Å². The molecule has 0 saturated heterocycles. The van der Waals surface area contributed by atoms with Crippen LogP contribution in [0.1, 0.15) is 6.92 Å². The molecule has 0 spiro atoms. The molecule has 1 rings (SSSR count). The van der Waals surface area contributed by atoms with Crippen molar-refractivity contribution in [2.24, 2.45) is 0 Å². The first kappa shape index (κ1) is 14.4. The first-order valence-corrected chi connectivity index (χ1v) is 7.06. The van der Waals surface area contributed by atoms with Crippen LogP contribution in [0.4, 0.5) is 11.4 Å². The largest absolute Gasteiger partial charge is 0.378 e. The minimum Gasteiger partial charge on any atom is -0.378 e. The van der Waals surface area contributed by atoms with Gasteiger partial charge in [0, 0.05) is 19.2 Å². The maximum absolute atomic E-state index is 11.1. The summed E-state index contributed by atoms with van der Waals surface area (Å²) in [7, 11) is -3.22. The van der Waals surface area contributed by atoms with Gasteiger partial charge in [0.25, 0.3) is 5.69 Å². The molecule has 1 aromatic carbocycles. The molecular weight excluding hydrogens is 258 g/mol. The number of benzene rings is 1. The number of rotatable bonds is 7. The Hall–Kier alpha value is -1.67. The number of hydrogen-bond acceptors (Lipinski definition) is 5. The molecule has 18 heavy (non-hydrogen) atoms. The zero-order valence-corrected chi connectivity index (χ0v) is 10.7. The van der Waals surface area contributed by atoms with Crippen molar-refractivity contribution in [2.75, 3.05) is 24.2 Å². The molecule has 0 atom stereocenters. The normalized spacial score (nSPS) is 11.2. The van der Waals surface area contributed by atoms with Crippen LogP contribution in [0.15, 0.2) is 24.3 Å². The van der Waals surface area contributed by atoms with Crippen LogP contribution < -0.4 is 10.0 Å². The highest BCUT2D eigenvalue weighted by Crippen LogP contribution is 2.22. The third-order valence-corrected chi connectivity index (χ3v) is 3.65. The number of para-hydroxylation sites is 2. The summed E-state index contributed by atoms with van der Waals surface area (Å²) in [5, 5.41) is 13.5. The van der Waals surface area contributed by atoms with E-state index in [9.17, 15) is 18.5 Å². The molecule has 100 valence electrons. The van der Waals surface area contributed by atoms with Gasteiger partial charge in [0.15, 0.2) is 0 Å². The summed E-state index contributed by atoms with van der Waals surface area (Å²) in [6.45, 7) is 2.00. The van der Waals surface area contributed by atoms with Gasteiger partial charge in [-0.05, 0) is 13.0 Å². The van der Waals surface area contributed by atoms with Crippen LogP contribution in [0.3, 0.4) is 0 Å². The number of nitrogens with zero attached hydrogens (tertiary/aromatic N) is 1. The molecule has 0 amide bonds. The predicted molar refractivity (Wildman–Crippen MR) is 69.0 cm³/mol. The second-order valence-corrected chi connectivity index (χ2v) is 5.59. The molecule has 8 heteroatoms. The fraction of sp³-hybridized carbons (Fsp3) is 0.400. The molecule has 2 N–H and O–H groups in total. The Labute approximate surface area is 105 Å². The van der Waals surface area contributed by atoms with Gasteiger partial charge in [0.1, 0.15) is 5.69 Å². The highest BCUT2D eigenvalue weighted by Gasteiger charge is 2.11. The molecule has 0 aliphatic rings. The van der Waals surface area contributed by atoms with E-state index in [1.54, 1.807) is 18.2 Å². The van der Waals surface area contributed by atoms with Crippen LogP contribution in [0.5, 0.6) is 0 Å². The summed E-state index contributed by atoms with van der Waals surface area (Å²) < 4.78 is 24.6. The van der Waals surface area contributed by atoms with Crippen molar-refractivity contribution in [3.05, 3.63) is 34.4 Å². The van der Waals surface area contributed by atoms with Crippen molar-refractivity contribution in [1.82, 2.24) is 4.72 Å². The third-order valence-electron chi connectivity index (χ3n) is 2.24. The smallest absolute Gasteiger partial charge is 0.292 e. The minimum absolute atomic E-state index is 0.0124. The molecule has 0 saturated carbocycles. The Morgan fingerprint density at radius 1 is 1.28 bits per heavy atom. The van der Waals surface area contributed by atoms with Gasteiger partial charge in [-0.3, -0.25) is 10.1 Å². The van der Waals surface area contributed by atoms with Crippen LogP contribution in [-0.4, -0.2) is 32.2 Å². The van der Waals surface area contributed by atoms with Gasteiger partial charge < -0.3 is 5.32 Å². The van der Waals surface area contributed by atoms with Gasteiger partial charge >= 0.3 is 0 Å². The lowest BCUT2D eigenvalue weighted by atomic mass is 10.2. The zero-order chi connectivity index (χ0) is 13.6. The van der Waals surface area contributed by atoms with Gasteiger partial charge in [0.05, 0.1) is 10.7 Å². The zero-order valence-electron chi connectivity index (χ0n) is 9.92. The number of anilines is 1. The molecule has 0 unspecified atom stereocenters. The topological polar surface area (TPSA) is 101 Å². The van der Waals surface area contributed by atoms with E-state index in [4.69, 9.17) is 0 Å². The van der Waals surface area contributed by atoms with Crippen LogP contribution >= 0.6 is 0 Å². The van der Waals surface area contributed by atoms with Gasteiger partial charge in [-0.1, -0.05) is 12.1 Å². The van der Waals surface area contributed by atoms with E-state index < -0.39 is 14.9 Å². The van der Waals surface area contributed by atoms with E-state index in [1.807, 2.05) is 0 Å². The van der Waals surface area contributed by atoms with Gasteiger partial charge in [-0.15, -0.1) is 0 Å². The molecule has 0 aliphatic carbocycles. The SMILES string of the molecule is CCS(=O)(=O)NCCNc1ccccc1[N+](=O)[O-]. The average Bonchev–Trinajstić information content (AvgIpc) is 2.35. The van der Waals surface area contributed by atoms with Crippen molar-refractivity contribution < 1.29 is 13.3 Å². The van der Waals surface area contributed by atoms with E-state index in [0.717, 1.165) is 0 Å². The first-order chi connectivity index (χ1) is 8.46. The molecule has 0 bridgehead atoms.